The van der Waals surface area contributed by atoms with Crippen LogP contribution in [0.25, 0.3) is 0 Å². The van der Waals surface area contributed by atoms with Crippen LogP contribution >= 0.6 is 0 Å². The van der Waals surface area contributed by atoms with E-state index in [-0.39, 0.29) is 5.78 Å². The molecule has 0 bridgehead atoms. The Balaban J connectivity index is 2.01. The summed E-state index contributed by atoms with van der Waals surface area (Å²) in [5.41, 5.74) is 2.70. The lowest BCUT2D eigenvalue weighted by molar-refractivity contribution is 0.0838. The van der Waals surface area contributed by atoms with Crippen molar-refractivity contribution in [1.29, 1.82) is 0 Å². The zero-order chi connectivity index (χ0) is 16.2. The van der Waals surface area contributed by atoms with Gasteiger partial charge in [0.25, 0.3) is 0 Å². The third-order valence-electron chi connectivity index (χ3n) is 4.03. The molecule has 0 N–H and O–H groups in total. The predicted octanol–water partition coefficient (Wildman–Crippen LogP) is 3.93. The van der Waals surface area contributed by atoms with Gasteiger partial charge in [0.2, 0.25) is 0 Å². The summed E-state index contributed by atoms with van der Waals surface area (Å²) in [5, 5.41) is 13.0. The van der Waals surface area contributed by atoms with Gasteiger partial charge >= 0.3 is 0 Å². The van der Waals surface area contributed by atoms with Gasteiger partial charge in [-0.05, 0) is 25.0 Å². The average Bonchev–Trinajstić information content (AvgIpc) is 2.91. The second-order valence-electron chi connectivity index (χ2n) is 5.68. The summed E-state index contributed by atoms with van der Waals surface area (Å²) in [6.07, 6.45) is 1.81. The van der Waals surface area contributed by atoms with Crippen LogP contribution < -0.4 is 0 Å². The lowest BCUT2D eigenvalue weighted by Gasteiger charge is -2.22. The van der Waals surface area contributed by atoms with E-state index in [2.05, 4.69) is 15.3 Å². The van der Waals surface area contributed by atoms with Gasteiger partial charge in [0.15, 0.2) is 11.5 Å². The lowest BCUT2D eigenvalue weighted by Crippen LogP contribution is -2.16. The van der Waals surface area contributed by atoms with E-state index in [0.717, 1.165) is 37.4 Å². The zero-order valence-electron chi connectivity index (χ0n) is 13.4. The first-order valence-corrected chi connectivity index (χ1v) is 7.79. The molecule has 120 valence electrons. The number of hydrogen-bond acceptors (Lipinski definition) is 5. The maximum Gasteiger partial charge on any atom is 0.182 e. The van der Waals surface area contributed by atoms with E-state index >= 15 is 0 Å². The Labute approximate surface area is 135 Å². The molecule has 0 atom stereocenters. The fourth-order valence-corrected chi connectivity index (χ4v) is 2.89. The number of carbonyl (C=O) groups is 1. The first kappa shape index (κ1) is 15.6. The van der Waals surface area contributed by atoms with Gasteiger partial charge in [-0.15, -0.1) is 5.11 Å². The Morgan fingerprint density at radius 2 is 1.91 bits per heavy atom. The molecule has 3 rings (SSSR count). The third kappa shape index (κ3) is 3.37. The Bertz CT molecular complexity index is 716. The fourth-order valence-electron chi connectivity index (χ4n) is 2.89. The molecule has 0 aliphatic carbocycles. The highest BCUT2D eigenvalue weighted by Crippen LogP contribution is 2.36. The smallest absolute Gasteiger partial charge is 0.182 e. The van der Waals surface area contributed by atoms with Gasteiger partial charge in [0.05, 0.1) is 11.4 Å². The molecule has 0 radical (unpaired) electrons. The SMILES string of the molecule is CC(=O)c1nn(C)c(C2CCOCC2)c1/N=N/c1ccccc1. The van der Waals surface area contributed by atoms with Crippen molar-refractivity contribution in [2.75, 3.05) is 13.2 Å². The van der Waals surface area contributed by atoms with Gasteiger partial charge in [0.1, 0.15) is 5.69 Å². The average molecular weight is 312 g/mol. The number of aromatic nitrogens is 2. The van der Waals surface area contributed by atoms with E-state index in [9.17, 15) is 4.79 Å². The van der Waals surface area contributed by atoms with Crippen LogP contribution in [0, 0.1) is 0 Å². The van der Waals surface area contributed by atoms with E-state index in [1.54, 1.807) is 4.68 Å². The Kier molecular flexibility index (Phi) is 4.62. The number of benzene rings is 1. The minimum atomic E-state index is -0.0964. The van der Waals surface area contributed by atoms with Crippen molar-refractivity contribution in [1.82, 2.24) is 9.78 Å². The number of nitrogens with zero attached hydrogens (tertiary/aromatic N) is 4. The summed E-state index contributed by atoms with van der Waals surface area (Å²) < 4.78 is 7.20. The molecule has 1 aliphatic heterocycles. The summed E-state index contributed by atoms with van der Waals surface area (Å²) >= 11 is 0. The Morgan fingerprint density at radius 3 is 2.57 bits per heavy atom. The molecule has 1 aliphatic rings. The molecule has 23 heavy (non-hydrogen) atoms. The van der Waals surface area contributed by atoms with Crippen LogP contribution in [0.1, 0.15) is 41.9 Å². The molecular weight excluding hydrogens is 292 g/mol. The monoisotopic (exact) mass is 312 g/mol. The van der Waals surface area contributed by atoms with Crippen LogP contribution in [0.15, 0.2) is 40.6 Å². The number of ether oxygens (including phenoxy) is 1. The van der Waals surface area contributed by atoms with Crippen molar-refractivity contribution in [3.63, 3.8) is 0 Å². The minimum Gasteiger partial charge on any atom is -0.381 e. The molecule has 1 saturated heterocycles. The highest BCUT2D eigenvalue weighted by Gasteiger charge is 2.27. The number of hydrogen-bond donors (Lipinski definition) is 0. The number of rotatable bonds is 4. The summed E-state index contributed by atoms with van der Waals surface area (Å²) in [7, 11) is 1.86. The normalized spacial score (nSPS) is 16.1. The maximum absolute atomic E-state index is 11.9. The quantitative estimate of drug-likeness (QED) is 0.634. The van der Waals surface area contributed by atoms with Crippen LogP contribution in [-0.4, -0.2) is 28.8 Å². The molecule has 1 fully saturated rings. The number of aryl methyl sites for hydroxylation is 1. The number of carbonyl (C=O) groups excluding carboxylic acids is 1. The van der Waals surface area contributed by atoms with E-state index in [0.29, 0.717) is 17.3 Å². The van der Waals surface area contributed by atoms with E-state index in [1.807, 2.05) is 37.4 Å². The van der Waals surface area contributed by atoms with Crippen molar-refractivity contribution in [3.8, 4) is 0 Å². The summed E-state index contributed by atoms with van der Waals surface area (Å²) in [4.78, 5) is 11.9. The first-order valence-electron chi connectivity index (χ1n) is 7.79. The third-order valence-corrected chi connectivity index (χ3v) is 4.03. The van der Waals surface area contributed by atoms with E-state index < -0.39 is 0 Å². The molecule has 0 unspecified atom stereocenters. The second-order valence-corrected chi connectivity index (χ2v) is 5.68. The lowest BCUT2D eigenvalue weighted by atomic mass is 9.95. The summed E-state index contributed by atoms with van der Waals surface area (Å²) in [6.45, 7) is 2.96. The molecule has 6 nitrogen and oxygen atoms in total. The Hall–Kier alpha value is -2.34. The molecule has 1 aromatic carbocycles. The van der Waals surface area contributed by atoms with Crippen LogP contribution in [0.5, 0.6) is 0 Å². The van der Waals surface area contributed by atoms with Gasteiger partial charge < -0.3 is 4.74 Å². The zero-order valence-corrected chi connectivity index (χ0v) is 13.4. The van der Waals surface area contributed by atoms with E-state index in [4.69, 9.17) is 4.74 Å². The predicted molar refractivity (Wildman–Crippen MR) is 86.6 cm³/mol. The Morgan fingerprint density at radius 1 is 1.22 bits per heavy atom. The molecular formula is C17H20N4O2. The van der Waals surface area contributed by atoms with Gasteiger partial charge in [-0.25, -0.2) is 0 Å². The topological polar surface area (TPSA) is 68.8 Å². The molecule has 0 saturated carbocycles. The molecule has 2 heterocycles. The highest BCUT2D eigenvalue weighted by molar-refractivity contribution is 5.97. The minimum absolute atomic E-state index is 0.0964. The van der Waals surface area contributed by atoms with Gasteiger partial charge in [-0.2, -0.15) is 10.2 Å². The van der Waals surface area contributed by atoms with Crippen molar-refractivity contribution in [2.24, 2.45) is 17.3 Å². The maximum atomic E-state index is 11.9. The number of azo groups is 1. The van der Waals surface area contributed by atoms with Crippen molar-refractivity contribution in [2.45, 2.75) is 25.7 Å². The van der Waals surface area contributed by atoms with Gasteiger partial charge in [-0.3, -0.25) is 9.48 Å². The number of ketones is 1. The summed E-state index contributed by atoms with van der Waals surface area (Å²) in [6, 6.07) is 9.49. The van der Waals surface area contributed by atoms with Gasteiger partial charge in [-0.1, -0.05) is 18.2 Å². The highest BCUT2D eigenvalue weighted by atomic mass is 16.5. The van der Waals surface area contributed by atoms with Crippen LogP contribution in [0.3, 0.4) is 0 Å². The molecule has 2 aromatic rings. The van der Waals surface area contributed by atoms with E-state index in [1.165, 1.54) is 6.92 Å². The van der Waals surface area contributed by atoms with Crippen LogP contribution in [-0.2, 0) is 11.8 Å². The fraction of sp³-hybridized carbons (Fsp3) is 0.412. The second kappa shape index (κ2) is 6.83. The number of Topliss-reactive ketones (excluding diaryl/α,β-unsaturated/α-hetero) is 1. The van der Waals surface area contributed by atoms with Crippen molar-refractivity contribution in [3.05, 3.63) is 41.7 Å². The summed E-state index contributed by atoms with van der Waals surface area (Å²) in [5.74, 6) is 0.194. The molecule has 6 heteroatoms. The van der Waals surface area contributed by atoms with Crippen LogP contribution in [0.4, 0.5) is 11.4 Å². The van der Waals surface area contributed by atoms with Crippen LogP contribution in [0.2, 0.25) is 0 Å². The first-order chi connectivity index (χ1) is 11.2. The van der Waals surface area contributed by atoms with Gasteiger partial charge in [0, 0.05) is 33.1 Å². The van der Waals surface area contributed by atoms with Crippen molar-refractivity contribution < 1.29 is 9.53 Å². The molecule has 0 spiro atoms. The van der Waals surface area contributed by atoms with Crippen molar-refractivity contribution >= 4 is 17.2 Å². The largest absolute Gasteiger partial charge is 0.381 e. The molecule has 1 aromatic heterocycles. The standard InChI is InChI=1S/C17H20N4O2/c1-12(22)15-16(19-18-14-6-4-3-5-7-14)17(21(2)20-15)13-8-10-23-11-9-13/h3-7,13H,8-11H2,1-2H3/b19-18+. The molecule has 0 amide bonds.